The van der Waals surface area contributed by atoms with Gasteiger partial charge in [-0.25, -0.2) is 0 Å². The maximum Gasteiger partial charge on any atom is 0.165 e. The lowest BCUT2D eigenvalue weighted by Crippen LogP contribution is -2.81. The summed E-state index contributed by atoms with van der Waals surface area (Å²) in [6.45, 7) is 7.69. The molecule has 2 aliphatic heterocycles. The minimum atomic E-state index is -0.558. The van der Waals surface area contributed by atoms with Crippen LogP contribution in [0, 0.1) is 11.3 Å². The lowest BCUT2D eigenvalue weighted by Gasteiger charge is -2.73. The van der Waals surface area contributed by atoms with Crippen molar-refractivity contribution in [3.63, 3.8) is 0 Å². The summed E-state index contributed by atoms with van der Waals surface area (Å²) in [4.78, 5) is 15.6. The number of hydrogen-bond donors (Lipinski definition) is 0. The highest BCUT2D eigenvalue weighted by atomic mass is 16.6. The lowest BCUT2D eigenvalue weighted by atomic mass is 9.34. The maximum absolute atomic E-state index is 12.9. The Hall–Kier alpha value is -1.85. The number of methoxy groups -OCH3 is 2. The summed E-state index contributed by atoms with van der Waals surface area (Å²) in [5.74, 6) is 1.83. The van der Waals surface area contributed by atoms with Gasteiger partial charge in [-0.1, -0.05) is 12.1 Å². The van der Waals surface area contributed by atoms with Crippen LogP contribution in [0.5, 0.6) is 11.5 Å². The highest BCUT2D eigenvalue weighted by Crippen LogP contribution is 2.76. The molecule has 6 aliphatic rings. The molecule has 0 N–H and O–H groups in total. The predicted molar refractivity (Wildman–Crippen MR) is 113 cm³/mol. The van der Waals surface area contributed by atoms with Crippen molar-refractivity contribution >= 4 is 5.78 Å². The van der Waals surface area contributed by atoms with Gasteiger partial charge in [-0.2, -0.15) is 0 Å². The van der Waals surface area contributed by atoms with E-state index in [1.54, 1.807) is 21.1 Å². The van der Waals surface area contributed by atoms with Gasteiger partial charge >= 0.3 is 0 Å². The molecule has 1 saturated heterocycles. The Labute approximate surface area is 178 Å². The predicted octanol–water partition coefficient (Wildman–Crippen LogP) is 3.28. The molecule has 1 aromatic rings. The molecular weight excluding hydrogens is 378 g/mol. The largest absolute Gasteiger partial charge is 0.493 e. The summed E-state index contributed by atoms with van der Waals surface area (Å²) in [6, 6.07) is 4.70. The van der Waals surface area contributed by atoms with Crippen LogP contribution >= 0.6 is 0 Å². The van der Waals surface area contributed by atoms with E-state index >= 15 is 0 Å². The van der Waals surface area contributed by atoms with Gasteiger partial charge in [-0.15, -0.1) is 6.58 Å². The molecule has 5 heteroatoms. The fourth-order valence-corrected chi connectivity index (χ4v) is 8.55. The van der Waals surface area contributed by atoms with Crippen LogP contribution in [-0.4, -0.2) is 55.7 Å². The molecule has 4 bridgehead atoms. The van der Waals surface area contributed by atoms with Crippen molar-refractivity contribution in [3.8, 4) is 11.5 Å². The average molecular weight is 410 g/mol. The second kappa shape index (κ2) is 5.89. The molecule has 30 heavy (non-hydrogen) atoms. The molecule has 2 heterocycles. The van der Waals surface area contributed by atoms with E-state index in [-0.39, 0.29) is 28.6 Å². The number of benzene rings is 1. The van der Waals surface area contributed by atoms with E-state index in [1.807, 2.05) is 6.08 Å². The van der Waals surface area contributed by atoms with Crippen molar-refractivity contribution < 1.29 is 19.0 Å². The number of piperidine rings is 1. The second-order valence-corrected chi connectivity index (χ2v) is 10.0. The summed E-state index contributed by atoms with van der Waals surface area (Å²) in [7, 11) is 3.50. The highest BCUT2D eigenvalue weighted by molar-refractivity contribution is 5.81. The number of nitrogens with zero attached hydrogens (tertiary/aromatic N) is 1. The SMILES string of the molecule is C=CCN1CC[C@]23c4c5ccc(OC)c4O[C@H]2[C@@]2(OC)CC[C@@]3(C[C@H]2C(C)=O)[C@H]1C5. The Bertz CT molecular complexity index is 959. The van der Waals surface area contributed by atoms with Gasteiger partial charge in [0.1, 0.15) is 17.5 Å². The van der Waals surface area contributed by atoms with Crippen LogP contribution in [-0.2, 0) is 21.4 Å². The summed E-state index contributed by atoms with van der Waals surface area (Å²) < 4.78 is 18.9. The maximum atomic E-state index is 12.9. The van der Waals surface area contributed by atoms with Gasteiger partial charge in [-0.05, 0) is 57.2 Å². The second-order valence-electron chi connectivity index (χ2n) is 10.0. The Balaban J connectivity index is 1.66. The quantitative estimate of drug-likeness (QED) is 0.699. The van der Waals surface area contributed by atoms with E-state index in [2.05, 4.69) is 23.6 Å². The van der Waals surface area contributed by atoms with Crippen molar-refractivity contribution in [3.05, 3.63) is 35.9 Å². The smallest absolute Gasteiger partial charge is 0.165 e. The molecule has 160 valence electrons. The van der Waals surface area contributed by atoms with Gasteiger partial charge in [0.25, 0.3) is 0 Å². The molecule has 0 radical (unpaired) electrons. The van der Waals surface area contributed by atoms with Crippen molar-refractivity contribution in [2.24, 2.45) is 11.3 Å². The summed E-state index contributed by atoms with van der Waals surface area (Å²) in [6.07, 6.45) is 6.78. The zero-order valence-electron chi connectivity index (χ0n) is 18.2. The lowest BCUT2D eigenvalue weighted by molar-refractivity contribution is -0.270. The normalized spacial score (nSPS) is 42.4. The summed E-state index contributed by atoms with van der Waals surface area (Å²) >= 11 is 0. The van der Waals surface area contributed by atoms with E-state index in [0.29, 0.717) is 6.04 Å². The number of rotatable bonds is 5. The zero-order chi connectivity index (χ0) is 20.9. The molecule has 0 aromatic heterocycles. The molecule has 7 rings (SSSR count). The van der Waals surface area contributed by atoms with Gasteiger partial charge in [0.2, 0.25) is 0 Å². The highest BCUT2D eigenvalue weighted by Gasteiger charge is 2.81. The number of fused-ring (bicyclic) bond motifs is 2. The van der Waals surface area contributed by atoms with Gasteiger partial charge in [-0.3, -0.25) is 9.69 Å². The first-order valence-corrected chi connectivity index (χ1v) is 11.3. The molecule has 4 aliphatic carbocycles. The number of ketones is 1. The van der Waals surface area contributed by atoms with Crippen molar-refractivity contribution in [1.29, 1.82) is 0 Å². The van der Waals surface area contributed by atoms with Crippen LogP contribution in [0.4, 0.5) is 0 Å². The third-order valence-electron chi connectivity index (χ3n) is 9.53. The van der Waals surface area contributed by atoms with Gasteiger partial charge in [0.05, 0.1) is 13.0 Å². The van der Waals surface area contributed by atoms with Crippen molar-refractivity contribution in [1.82, 2.24) is 4.90 Å². The molecule has 0 unspecified atom stereocenters. The fourth-order valence-electron chi connectivity index (χ4n) is 8.55. The molecule has 5 nitrogen and oxygen atoms in total. The molecule has 1 aromatic carbocycles. The Morgan fingerprint density at radius 3 is 2.87 bits per heavy atom. The number of Topliss-reactive ketones (excluding diaryl/α,β-unsaturated/α-hetero) is 1. The number of carbonyl (C=O) groups excluding carboxylic acids is 1. The summed E-state index contributed by atoms with van der Waals surface area (Å²) in [5, 5.41) is 0. The molecular formula is C25H31NO4. The number of hydrogen-bond acceptors (Lipinski definition) is 5. The first kappa shape index (κ1) is 18.9. The minimum Gasteiger partial charge on any atom is -0.493 e. The number of likely N-dealkylation sites (tertiary alicyclic amines) is 1. The number of ether oxygens (including phenoxy) is 3. The zero-order valence-corrected chi connectivity index (χ0v) is 18.2. The van der Waals surface area contributed by atoms with Gasteiger partial charge < -0.3 is 14.2 Å². The minimum absolute atomic E-state index is 0.0279. The van der Waals surface area contributed by atoms with E-state index in [1.165, 1.54) is 11.1 Å². The number of carbonyl (C=O) groups is 1. The first-order chi connectivity index (χ1) is 14.5. The molecule has 4 fully saturated rings. The Morgan fingerprint density at radius 1 is 1.33 bits per heavy atom. The van der Waals surface area contributed by atoms with Crippen LogP contribution in [0.3, 0.4) is 0 Å². The van der Waals surface area contributed by atoms with Crippen LogP contribution in [0.25, 0.3) is 0 Å². The fraction of sp³-hybridized carbons (Fsp3) is 0.640. The van der Waals surface area contributed by atoms with E-state index < -0.39 is 5.60 Å². The van der Waals surface area contributed by atoms with Crippen molar-refractivity contribution in [2.45, 2.75) is 62.2 Å². The monoisotopic (exact) mass is 409 g/mol. The van der Waals surface area contributed by atoms with Crippen LogP contribution in [0.2, 0.25) is 0 Å². The Morgan fingerprint density at radius 2 is 2.17 bits per heavy atom. The topological polar surface area (TPSA) is 48.0 Å². The Kier molecular flexibility index (Phi) is 3.71. The summed E-state index contributed by atoms with van der Waals surface area (Å²) in [5.41, 5.74) is 2.12. The third-order valence-corrected chi connectivity index (χ3v) is 9.53. The molecule has 0 amide bonds. The standard InChI is InChI=1S/C25H31NO4/c1-5-11-26-12-10-24-20-16-6-7-18(28-3)21(20)30-22(24)25(29-4)9-8-23(24,19(26)13-16)14-17(25)15(2)27/h5-7,17,19,22H,1,8-14H2,2-4H3/t17-,19+,22+,23+,24-,25+/m0/s1. The molecule has 3 saturated carbocycles. The first-order valence-electron chi connectivity index (χ1n) is 11.3. The van der Waals surface area contributed by atoms with Crippen LogP contribution < -0.4 is 9.47 Å². The third kappa shape index (κ3) is 1.79. The van der Waals surface area contributed by atoms with Crippen molar-refractivity contribution in [2.75, 3.05) is 27.3 Å². The van der Waals surface area contributed by atoms with Gasteiger partial charge in [0.15, 0.2) is 11.5 Å². The molecule has 6 atom stereocenters. The van der Waals surface area contributed by atoms with Gasteiger partial charge in [0, 0.05) is 36.1 Å². The van der Waals surface area contributed by atoms with E-state index in [9.17, 15) is 4.79 Å². The average Bonchev–Trinajstić information content (AvgIpc) is 3.12. The van der Waals surface area contributed by atoms with Crippen LogP contribution in [0.15, 0.2) is 24.8 Å². The van der Waals surface area contributed by atoms with E-state index in [4.69, 9.17) is 14.2 Å². The van der Waals surface area contributed by atoms with E-state index in [0.717, 1.165) is 56.7 Å². The molecule has 2 spiro atoms. The van der Waals surface area contributed by atoms with Crippen LogP contribution in [0.1, 0.15) is 43.7 Å².